The van der Waals surface area contributed by atoms with Crippen LogP contribution in [0.2, 0.25) is 0 Å². The first kappa shape index (κ1) is 30.3. The van der Waals surface area contributed by atoms with Gasteiger partial charge in [0, 0.05) is 35.2 Å². The molecule has 0 unspecified atom stereocenters. The van der Waals surface area contributed by atoms with Crippen LogP contribution in [-0.4, -0.2) is 51.1 Å². The van der Waals surface area contributed by atoms with E-state index in [0.29, 0.717) is 6.61 Å². The van der Waals surface area contributed by atoms with Crippen molar-refractivity contribution in [1.82, 2.24) is 10.6 Å². The summed E-state index contributed by atoms with van der Waals surface area (Å²) < 4.78 is 18.1. The molecule has 0 amide bonds. The molecule has 0 saturated heterocycles. The van der Waals surface area contributed by atoms with Crippen LogP contribution in [0.4, 0.5) is 0 Å². The summed E-state index contributed by atoms with van der Waals surface area (Å²) in [5.74, 6) is 4.53. The van der Waals surface area contributed by atoms with Crippen LogP contribution in [0, 0.1) is 0 Å². The molecule has 9 heteroatoms. The van der Waals surface area contributed by atoms with Gasteiger partial charge in [-0.05, 0) is 74.2 Å². The molecule has 4 aromatic rings. The summed E-state index contributed by atoms with van der Waals surface area (Å²) in [7, 11) is 0. The lowest BCUT2D eigenvalue weighted by Crippen LogP contribution is -2.19. The predicted octanol–water partition coefficient (Wildman–Crippen LogP) is 6.66. The summed E-state index contributed by atoms with van der Waals surface area (Å²) in [6.45, 7) is 4.91. The van der Waals surface area contributed by atoms with Crippen molar-refractivity contribution in [3.63, 3.8) is 0 Å². The van der Waals surface area contributed by atoms with Gasteiger partial charge in [0.05, 0.1) is 26.3 Å². The largest absolute Gasteiger partial charge is 0.494 e. The third kappa shape index (κ3) is 7.75. The average molecular weight is 596 g/mol. The Hall–Kier alpha value is -3.68. The Morgan fingerprint density at radius 2 is 1.29 bits per heavy atom. The van der Waals surface area contributed by atoms with Gasteiger partial charge in [-0.3, -0.25) is 9.98 Å². The lowest BCUT2D eigenvalue weighted by atomic mass is 10.1. The van der Waals surface area contributed by atoms with Crippen molar-refractivity contribution in [3.8, 4) is 22.8 Å². The number of furan rings is 1. The molecule has 0 aliphatic carbocycles. The second kappa shape index (κ2) is 14.8. The number of benzene rings is 3. The summed E-state index contributed by atoms with van der Waals surface area (Å²) in [6, 6.07) is 24.6. The molecule has 216 valence electrons. The number of rotatable bonds is 12. The van der Waals surface area contributed by atoms with E-state index in [4.69, 9.17) is 13.9 Å². The molecule has 6 rings (SSSR count). The third-order valence-corrected chi connectivity index (χ3v) is 6.96. The van der Waals surface area contributed by atoms with Crippen LogP contribution in [-0.2, 0) is 0 Å². The van der Waals surface area contributed by atoms with Gasteiger partial charge in [-0.1, -0.05) is 24.3 Å². The van der Waals surface area contributed by atoms with Crippen molar-refractivity contribution < 1.29 is 13.9 Å². The van der Waals surface area contributed by atoms with Gasteiger partial charge in [0.15, 0.2) is 0 Å². The number of fused-ring (bicyclic) bond motifs is 1. The van der Waals surface area contributed by atoms with Crippen molar-refractivity contribution in [3.05, 3.63) is 83.9 Å². The number of nitrogens with one attached hydrogen (secondary N) is 2. The number of ether oxygens (including phenoxy) is 2. The van der Waals surface area contributed by atoms with Gasteiger partial charge in [0.1, 0.15) is 34.5 Å². The van der Waals surface area contributed by atoms with Crippen molar-refractivity contribution in [1.29, 1.82) is 0 Å². The molecule has 41 heavy (non-hydrogen) atoms. The Labute approximate surface area is 253 Å². The Bertz CT molecular complexity index is 1480. The third-order valence-electron chi connectivity index (χ3n) is 6.96. The molecule has 0 spiro atoms. The number of halogens is 2. The second-order valence-corrected chi connectivity index (χ2v) is 9.84. The summed E-state index contributed by atoms with van der Waals surface area (Å²) in [6.07, 6.45) is 4.27. The molecular formula is C32H36Cl2N4O3. The van der Waals surface area contributed by atoms with Crippen LogP contribution in [0.5, 0.6) is 11.5 Å². The highest BCUT2D eigenvalue weighted by molar-refractivity contribution is 6.02. The highest BCUT2D eigenvalue weighted by atomic mass is 35.5. The lowest BCUT2D eigenvalue weighted by Gasteiger charge is -2.09. The first-order valence-electron chi connectivity index (χ1n) is 13.9. The van der Waals surface area contributed by atoms with Gasteiger partial charge >= 0.3 is 0 Å². The fourth-order valence-corrected chi connectivity index (χ4v) is 4.89. The standard InChI is InChI=1S/C32H34N4O3.2ClH/c1(3-18-37-27-12-10-23(11-13-27)31-33-14-15-34-31)2-4-19-38-28-7-5-6-24(20-28)29-21-25-8-9-26(22-30(25)39-29)32-35-16-17-36-32;;/h5-13,20-22H,1-4,14-19H2,(H,33,34)(H,35,36);2*1H. The maximum Gasteiger partial charge on any atom is 0.135 e. The Morgan fingerprint density at radius 3 is 1.98 bits per heavy atom. The maximum absolute atomic E-state index is 6.19. The molecule has 1 aromatic heterocycles. The van der Waals surface area contributed by atoms with Crippen molar-refractivity contribution >= 4 is 47.5 Å². The molecule has 2 N–H and O–H groups in total. The van der Waals surface area contributed by atoms with Crippen LogP contribution < -0.4 is 20.1 Å². The molecule has 0 atom stereocenters. The highest BCUT2D eigenvalue weighted by Crippen LogP contribution is 2.30. The molecule has 2 aliphatic heterocycles. The van der Waals surface area contributed by atoms with Crippen molar-refractivity contribution in [2.75, 3.05) is 39.4 Å². The van der Waals surface area contributed by atoms with Crippen LogP contribution in [0.3, 0.4) is 0 Å². The Morgan fingerprint density at radius 1 is 0.634 bits per heavy atom. The van der Waals surface area contributed by atoms with E-state index in [0.717, 1.165) is 115 Å². The second-order valence-electron chi connectivity index (χ2n) is 9.84. The smallest absolute Gasteiger partial charge is 0.135 e. The molecule has 7 nitrogen and oxygen atoms in total. The van der Waals surface area contributed by atoms with E-state index in [-0.39, 0.29) is 24.8 Å². The molecule has 0 radical (unpaired) electrons. The minimum atomic E-state index is 0. The summed E-state index contributed by atoms with van der Waals surface area (Å²) >= 11 is 0. The zero-order valence-electron chi connectivity index (χ0n) is 22.9. The number of aliphatic imine (C=N–C) groups is 2. The minimum absolute atomic E-state index is 0. The van der Waals surface area contributed by atoms with Crippen LogP contribution >= 0.6 is 24.8 Å². The first-order valence-corrected chi connectivity index (χ1v) is 13.9. The number of hydrogen-bond acceptors (Lipinski definition) is 7. The fourth-order valence-electron chi connectivity index (χ4n) is 4.89. The molecule has 0 bridgehead atoms. The van der Waals surface area contributed by atoms with Gasteiger partial charge in [0.25, 0.3) is 0 Å². The number of hydrogen-bond donors (Lipinski definition) is 2. The van der Waals surface area contributed by atoms with E-state index in [2.05, 4.69) is 69.1 Å². The van der Waals surface area contributed by atoms with Gasteiger partial charge in [0.2, 0.25) is 0 Å². The molecule has 3 heterocycles. The zero-order valence-corrected chi connectivity index (χ0v) is 24.6. The SMILES string of the molecule is Cl.Cl.c1cc(OCCCCCCOc2ccc(C3=NCCN3)cc2)cc(-c2cc3ccc(C4=NCCN4)cc3o2)c1. The predicted molar refractivity (Wildman–Crippen MR) is 171 cm³/mol. The van der Waals surface area contributed by atoms with Gasteiger partial charge < -0.3 is 24.5 Å². The van der Waals surface area contributed by atoms with Crippen LogP contribution in [0.25, 0.3) is 22.3 Å². The Balaban J connectivity index is 0.00000194. The van der Waals surface area contributed by atoms with E-state index < -0.39 is 0 Å². The van der Waals surface area contributed by atoms with E-state index in [1.807, 2.05) is 24.3 Å². The van der Waals surface area contributed by atoms with Gasteiger partial charge in [-0.25, -0.2) is 0 Å². The Kier molecular flexibility index (Phi) is 10.9. The fraction of sp³-hybridized carbons (Fsp3) is 0.312. The number of unbranched alkanes of at least 4 members (excludes halogenated alkanes) is 3. The van der Waals surface area contributed by atoms with Crippen molar-refractivity contribution in [2.24, 2.45) is 9.98 Å². The summed E-state index contributed by atoms with van der Waals surface area (Å²) in [4.78, 5) is 8.96. The van der Waals surface area contributed by atoms with E-state index in [1.54, 1.807) is 0 Å². The van der Waals surface area contributed by atoms with Gasteiger partial charge in [-0.15, -0.1) is 24.8 Å². The van der Waals surface area contributed by atoms with Crippen LogP contribution in [0.1, 0.15) is 36.8 Å². The number of amidine groups is 2. The van der Waals surface area contributed by atoms with E-state index in [1.165, 1.54) is 0 Å². The minimum Gasteiger partial charge on any atom is -0.494 e. The normalized spacial score (nSPS) is 13.9. The van der Waals surface area contributed by atoms with Crippen LogP contribution in [0.15, 0.2) is 87.2 Å². The molecule has 2 aliphatic rings. The van der Waals surface area contributed by atoms with Crippen molar-refractivity contribution in [2.45, 2.75) is 25.7 Å². The first-order chi connectivity index (χ1) is 19.3. The van der Waals surface area contributed by atoms with E-state index in [9.17, 15) is 0 Å². The maximum atomic E-state index is 6.19. The summed E-state index contributed by atoms with van der Waals surface area (Å²) in [5.41, 5.74) is 4.05. The lowest BCUT2D eigenvalue weighted by molar-refractivity contribution is 0.287. The monoisotopic (exact) mass is 594 g/mol. The molecular weight excluding hydrogens is 559 g/mol. The highest BCUT2D eigenvalue weighted by Gasteiger charge is 2.12. The number of nitrogens with zero attached hydrogens (tertiary/aromatic N) is 2. The zero-order chi connectivity index (χ0) is 26.3. The van der Waals surface area contributed by atoms with Gasteiger partial charge in [-0.2, -0.15) is 0 Å². The molecule has 0 fully saturated rings. The quantitative estimate of drug-likeness (QED) is 0.179. The average Bonchev–Trinajstić information content (AvgIpc) is 3.77. The van der Waals surface area contributed by atoms with E-state index >= 15 is 0 Å². The molecule has 0 saturated carbocycles. The topological polar surface area (TPSA) is 80.4 Å². The molecule has 3 aromatic carbocycles. The summed E-state index contributed by atoms with van der Waals surface area (Å²) in [5, 5.41) is 7.69.